The Hall–Kier alpha value is -0.870. The van der Waals surface area contributed by atoms with Gasteiger partial charge in [-0.15, -0.1) is 11.8 Å². The molecule has 1 fully saturated rings. The number of thioether (sulfide) groups is 1. The van der Waals surface area contributed by atoms with Gasteiger partial charge in [-0.05, 0) is 50.6 Å². The summed E-state index contributed by atoms with van der Waals surface area (Å²) in [6.07, 6.45) is 1.28. The van der Waals surface area contributed by atoms with Gasteiger partial charge in [0.15, 0.2) is 0 Å². The molecule has 1 aromatic carbocycles. The minimum atomic E-state index is 0.695. The molecular formula is C13H20N2OS. The molecule has 0 aromatic heterocycles. The van der Waals surface area contributed by atoms with Crippen LogP contribution in [-0.4, -0.2) is 25.4 Å². The molecule has 94 valence electrons. The molecule has 2 rings (SSSR count). The molecule has 3 N–H and O–H groups in total. The van der Waals surface area contributed by atoms with Gasteiger partial charge in [-0.2, -0.15) is 0 Å². The first-order valence-corrected chi connectivity index (χ1v) is 7.14. The average Bonchev–Trinajstić information content (AvgIpc) is 2.83. The summed E-state index contributed by atoms with van der Waals surface area (Å²) in [7, 11) is 0. The Morgan fingerprint density at radius 3 is 3.12 bits per heavy atom. The lowest BCUT2D eigenvalue weighted by atomic mass is 10.2. The lowest BCUT2D eigenvalue weighted by molar-refractivity contribution is 0.339. The molecule has 0 bridgehead atoms. The van der Waals surface area contributed by atoms with E-state index in [0.717, 1.165) is 41.1 Å². The topological polar surface area (TPSA) is 47.3 Å². The molecule has 3 nitrogen and oxygen atoms in total. The van der Waals surface area contributed by atoms with Crippen LogP contribution in [0.3, 0.4) is 0 Å². The third-order valence-electron chi connectivity index (χ3n) is 2.93. The predicted molar refractivity (Wildman–Crippen MR) is 73.7 cm³/mol. The molecule has 1 aliphatic heterocycles. The minimum Gasteiger partial charge on any atom is -0.494 e. The van der Waals surface area contributed by atoms with Gasteiger partial charge in [0.05, 0.1) is 6.61 Å². The van der Waals surface area contributed by atoms with E-state index in [9.17, 15) is 0 Å². The van der Waals surface area contributed by atoms with Gasteiger partial charge >= 0.3 is 0 Å². The van der Waals surface area contributed by atoms with E-state index in [4.69, 9.17) is 10.5 Å². The first-order chi connectivity index (χ1) is 8.29. The number of nitrogen functional groups attached to an aromatic ring is 1. The van der Waals surface area contributed by atoms with Crippen LogP contribution in [0.15, 0.2) is 23.1 Å². The summed E-state index contributed by atoms with van der Waals surface area (Å²) in [6.45, 7) is 4.98. The molecule has 1 unspecified atom stereocenters. The molecule has 0 aliphatic carbocycles. The lowest BCUT2D eigenvalue weighted by Gasteiger charge is -2.11. The van der Waals surface area contributed by atoms with E-state index in [1.807, 2.05) is 36.9 Å². The Bertz CT molecular complexity index is 364. The van der Waals surface area contributed by atoms with Crippen LogP contribution in [0.4, 0.5) is 5.69 Å². The molecule has 4 heteroatoms. The van der Waals surface area contributed by atoms with E-state index in [-0.39, 0.29) is 0 Å². The number of anilines is 1. The second-order valence-electron chi connectivity index (χ2n) is 4.30. The zero-order valence-corrected chi connectivity index (χ0v) is 11.1. The number of benzene rings is 1. The maximum atomic E-state index is 5.98. The monoisotopic (exact) mass is 252 g/mol. The molecule has 0 spiro atoms. The first-order valence-electron chi connectivity index (χ1n) is 6.15. The maximum absolute atomic E-state index is 5.98. The van der Waals surface area contributed by atoms with Gasteiger partial charge in [0.2, 0.25) is 0 Å². The average molecular weight is 252 g/mol. The van der Waals surface area contributed by atoms with Gasteiger partial charge in [0, 0.05) is 16.3 Å². The zero-order valence-electron chi connectivity index (χ0n) is 10.2. The molecule has 0 radical (unpaired) electrons. The van der Waals surface area contributed by atoms with E-state index >= 15 is 0 Å². The van der Waals surface area contributed by atoms with Gasteiger partial charge in [0.1, 0.15) is 5.75 Å². The van der Waals surface area contributed by atoms with Crippen molar-refractivity contribution in [1.29, 1.82) is 0 Å². The van der Waals surface area contributed by atoms with E-state index < -0.39 is 0 Å². The third kappa shape index (κ3) is 3.54. The summed E-state index contributed by atoms with van der Waals surface area (Å²) in [4.78, 5) is 1.14. The molecule has 17 heavy (non-hydrogen) atoms. The van der Waals surface area contributed by atoms with Crippen LogP contribution >= 0.6 is 11.8 Å². The molecular weight excluding hydrogens is 232 g/mol. The van der Waals surface area contributed by atoms with Crippen LogP contribution in [-0.2, 0) is 0 Å². The summed E-state index contributed by atoms with van der Waals surface area (Å²) < 4.78 is 5.49. The van der Waals surface area contributed by atoms with Gasteiger partial charge in [-0.25, -0.2) is 0 Å². The van der Waals surface area contributed by atoms with Crippen molar-refractivity contribution in [3.63, 3.8) is 0 Å². The third-order valence-corrected chi connectivity index (χ3v) is 4.24. The van der Waals surface area contributed by atoms with Crippen molar-refractivity contribution in [3.05, 3.63) is 18.2 Å². The predicted octanol–water partition coefficient (Wildman–Crippen LogP) is 2.37. The second kappa shape index (κ2) is 6.17. The summed E-state index contributed by atoms with van der Waals surface area (Å²) >= 11 is 1.84. The van der Waals surface area contributed by atoms with Crippen molar-refractivity contribution in [1.82, 2.24) is 5.32 Å². The van der Waals surface area contributed by atoms with Crippen LogP contribution in [0.5, 0.6) is 5.75 Å². The standard InChI is InChI=1S/C13H20N2OS/c1-2-16-11-3-4-12(14)13(7-11)17-9-10-5-6-15-8-10/h3-4,7,10,15H,2,5-6,8-9,14H2,1H3. The minimum absolute atomic E-state index is 0.695. The number of hydrogen-bond donors (Lipinski definition) is 2. The van der Waals surface area contributed by atoms with Crippen LogP contribution < -0.4 is 15.8 Å². The lowest BCUT2D eigenvalue weighted by Crippen LogP contribution is -2.10. The van der Waals surface area contributed by atoms with Crippen LogP contribution in [0.25, 0.3) is 0 Å². The largest absolute Gasteiger partial charge is 0.494 e. The summed E-state index contributed by atoms with van der Waals surface area (Å²) in [5.41, 5.74) is 6.83. The van der Waals surface area contributed by atoms with E-state index in [2.05, 4.69) is 5.32 Å². The van der Waals surface area contributed by atoms with Gasteiger partial charge in [-0.1, -0.05) is 0 Å². The molecule has 1 aliphatic rings. The summed E-state index contributed by atoms with van der Waals surface area (Å²) in [6, 6.07) is 5.91. The molecule has 1 atom stereocenters. The van der Waals surface area contributed by atoms with Crippen molar-refractivity contribution in [3.8, 4) is 5.75 Å². The highest BCUT2D eigenvalue weighted by molar-refractivity contribution is 7.99. The van der Waals surface area contributed by atoms with Crippen molar-refractivity contribution in [2.45, 2.75) is 18.2 Å². The maximum Gasteiger partial charge on any atom is 0.120 e. The summed E-state index contributed by atoms with van der Waals surface area (Å²) in [5.74, 6) is 2.82. The normalized spacial score (nSPS) is 19.5. The fraction of sp³-hybridized carbons (Fsp3) is 0.538. The van der Waals surface area contributed by atoms with Crippen LogP contribution in [0, 0.1) is 5.92 Å². The Morgan fingerprint density at radius 1 is 1.53 bits per heavy atom. The zero-order chi connectivity index (χ0) is 12.1. The highest BCUT2D eigenvalue weighted by Gasteiger charge is 2.15. The van der Waals surface area contributed by atoms with Crippen molar-refractivity contribution >= 4 is 17.4 Å². The van der Waals surface area contributed by atoms with Crippen molar-refractivity contribution < 1.29 is 4.74 Å². The number of rotatable bonds is 5. The number of hydrogen-bond acceptors (Lipinski definition) is 4. The fourth-order valence-electron chi connectivity index (χ4n) is 1.96. The number of nitrogens with two attached hydrogens (primary N) is 1. The molecule has 1 heterocycles. The van der Waals surface area contributed by atoms with Gasteiger partial charge < -0.3 is 15.8 Å². The van der Waals surface area contributed by atoms with Gasteiger partial charge in [-0.3, -0.25) is 0 Å². The van der Waals surface area contributed by atoms with E-state index in [1.54, 1.807) is 0 Å². The molecule has 0 amide bonds. The van der Waals surface area contributed by atoms with Crippen molar-refractivity contribution in [2.24, 2.45) is 5.92 Å². The molecule has 1 saturated heterocycles. The first kappa shape index (κ1) is 12.6. The SMILES string of the molecule is CCOc1ccc(N)c(SCC2CCNC2)c1. The van der Waals surface area contributed by atoms with E-state index in [1.165, 1.54) is 6.42 Å². The quantitative estimate of drug-likeness (QED) is 0.624. The highest BCUT2D eigenvalue weighted by atomic mass is 32.2. The number of nitrogens with one attached hydrogen (secondary N) is 1. The molecule has 1 aromatic rings. The Morgan fingerprint density at radius 2 is 2.41 bits per heavy atom. The van der Waals surface area contributed by atoms with Gasteiger partial charge in [0.25, 0.3) is 0 Å². The Balaban J connectivity index is 1.95. The highest BCUT2D eigenvalue weighted by Crippen LogP contribution is 2.31. The van der Waals surface area contributed by atoms with E-state index in [0.29, 0.717) is 6.61 Å². The Labute approximate surface area is 107 Å². The smallest absolute Gasteiger partial charge is 0.120 e. The molecule has 0 saturated carbocycles. The second-order valence-corrected chi connectivity index (χ2v) is 5.36. The van der Waals surface area contributed by atoms with Crippen molar-refractivity contribution in [2.75, 3.05) is 31.2 Å². The van der Waals surface area contributed by atoms with Crippen LogP contribution in [0.2, 0.25) is 0 Å². The fourth-order valence-corrected chi connectivity index (χ4v) is 3.09. The number of ether oxygens (including phenoxy) is 1. The Kier molecular flexibility index (Phi) is 4.57. The van der Waals surface area contributed by atoms with Crippen LogP contribution in [0.1, 0.15) is 13.3 Å². The summed E-state index contributed by atoms with van der Waals surface area (Å²) in [5, 5.41) is 3.39.